The van der Waals surface area contributed by atoms with E-state index >= 15 is 0 Å². The van der Waals surface area contributed by atoms with Gasteiger partial charge in [0.25, 0.3) is 0 Å². The molecule has 0 fully saturated rings. The van der Waals surface area contributed by atoms with Gasteiger partial charge in [0.15, 0.2) is 0 Å². The predicted octanol–water partition coefficient (Wildman–Crippen LogP) is 0.916. The number of carbonyl (C=O) groups excluding carboxylic acids is 1. The molecular formula is C7H15NO. The van der Waals surface area contributed by atoms with E-state index < -0.39 is 0 Å². The number of Topliss-reactive ketones (excluding diaryl/α,β-unsaturated/α-hetero) is 1. The Kier molecular flexibility index (Phi) is 3.47. The second-order valence-electron chi connectivity index (χ2n) is 2.50. The summed E-state index contributed by atoms with van der Waals surface area (Å²) in [4.78, 5) is 12.7. The van der Waals surface area contributed by atoms with Gasteiger partial charge in [0, 0.05) is 0 Å². The van der Waals surface area contributed by atoms with E-state index in [0.717, 1.165) is 6.42 Å². The number of ketones is 1. The van der Waals surface area contributed by atoms with Gasteiger partial charge in [-0.1, -0.05) is 6.92 Å². The van der Waals surface area contributed by atoms with Crippen molar-refractivity contribution in [3.8, 4) is 0 Å². The minimum absolute atomic E-state index is 0.116. The average molecular weight is 129 g/mol. The lowest BCUT2D eigenvalue weighted by molar-refractivity contribution is -0.121. The van der Waals surface area contributed by atoms with Crippen molar-refractivity contribution >= 4 is 5.78 Å². The number of carbonyl (C=O) groups is 1. The highest BCUT2D eigenvalue weighted by atomic mass is 16.1. The lowest BCUT2D eigenvalue weighted by atomic mass is 10.1. The van der Waals surface area contributed by atoms with E-state index in [0.29, 0.717) is 0 Å². The number of nitrogens with zero attached hydrogens (tertiary/aromatic N) is 1. The highest BCUT2D eigenvalue weighted by molar-refractivity contribution is 5.81. The lowest BCUT2D eigenvalue weighted by Crippen LogP contribution is -2.33. The molecule has 0 aromatic carbocycles. The average Bonchev–Trinajstić information content (AvgIpc) is 1.64. The fourth-order valence-corrected chi connectivity index (χ4v) is 1.02. The van der Waals surface area contributed by atoms with E-state index in [1.807, 2.05) is 25.9 Å². The largest absolute Gasteiger partial charge is 0.300 e. The van der Waals surface area contributed by atoms with Gasteiger partial charge in [-0.25, -0.2) is 0 Å². The fraction of sp³-hybridized carbons (Fsp3) is 0.857. The topological polar surface area (TPSA) is 20.3 Å². The summed E-state index contributed by atoms with van der Waals surface area (Å²) >= 11 is 0. The molecule has 54 valence electrons. The van der Waals surface area contributed by atoms with Crippen LogP contribution in [0.25, 0.3) is 0 Å². The minimum atomic E-state index is 0.116. The monoisotopic (exact) mass is 129 g/mol. The van der Waals surface area contributed by atoms with E-state index in [2.05, 4.69) is 0 Å². The fourth-order valence-electron chi connectivity index (χ4n) is 1.02. The summed E-state index contributed by atoms with van der Waals surface area (Å²) < 4.78 is 0. The van der Waals surface area contributed by atoms with Crippen LogP contribution in [0.15, 0.2) is 0 Å². The van der Waals surface area contributed by atoms with Crippen LogP contribution in [0, 0.1) is 0 Å². The van der Waals surface area contributed by atoms with Crippen LogP contribution in [0.3, 0.4) is 0 Å². The van der Waals surface area contributed by atoms with Crippen molar-refractivity contribution in [2.45, 2.75) is 26.3 Å². The summed E-state index contributed by atoms with van der Waals surface area (Å²) in [6, 6.07) is 0.116. The zero-order valence-corrected chi connectivity index (χ0v) is 6.64. The normalized spacial score (nSPS) is 13.9. The van der Waals surface area contributed by atoms with Crippen LogP contribution in [-0.4, -0.2) is 30.8 Å². The van der Waals surface area contributed by atoms with Gasteiger partial charge < -0.3 is 0 Å². The first-order chi connectivity index (χ1) is 4.09. The van der Waals surface area contributed by atoms with Crippen LogP contribution >= 0.6 is 0 Å². The molecule has 0 aliphatic carbocycles. The standard InChI is InChI=1S/C7H15NO/c1-5-7(6(2)9)8(3)4/h7H,5H2,1-4H3/t7-/m0/s1. The van der Waals surface area contributed by atoms with Gasteiger partial charge in [0.1, 0.15) is 5.78 Å². The first kappa shape index (κ1) is 8.63. The van der Waals surface area contributed by atoms with Crippen LogP contribution < -0.4 is 0 Å². The number of hydrogen-bond acceptors (Lipinski definition) is 2. The van der Waals surface area contributed by atoms with Crippen LogP contribution in [-0.2, 0) is 4.79 Å². The Balaban J connectivity index is 3.83. The molecule has 0 spiro atoms. The van der Waals surface area contributed by atoms with Crippen LogP contribution in [0.1, 0.15) is 20.3 Å². The highest BCUT2D eigenvalue weighted by Crippen LogP contribution is 1.98. The Morgan fingerprint density at radius 3 is 2.00 bits per heavy atom. The molecule has 1 atom stereocenters. The molecule has 0 saturated carbocycles. The van der Waals surface area contributed by atoms with Crippen LogP contribution in [0.5, 0.6) is 0 Å². The zero-order chi connectivity index (χ0) is 7.44. The highest BCUT2D eigenvalue weighted by Gasteiger charge is 2.12. The van der Waals surface area contributed by atoms with E-state index in [4.69, 9.17) is 0 Å². The van der Waals surface area contributed by atoms with Gasteiger partial charge in [0.05, 0.1) is 6.04 Å². The molecule has 0 unspecified atom stereocenters. The molecule has 0 rings (SSSR count). The SMILES string of the molecule is CC[C@@H](C(C)=O)N(C)C. The van der Waals surface area contributed by atoms with Crippen molar-refractivity contribution in [1.29, 1.82) is 0 Å². The maximum absolute atomic E-state index is 10.8. The number of rotatable bonds is 3. The Morgan fingerprint density at radius 2 is 2.00 bits per heavy atom. The van der Waals surface area contributed by atoms with Crippen molar-refractivity contribution in [1.82, 2.24) is 4.90 Å². The van der Waals surface area contributed by atoms with Crippen molar-refractivity contribution in [3.05, 3.63) is 0 Å². The summed E-state index contributed by atoms with van der Waals surface area (Å²) in [6.07, 6.45) is 0.905. The molecule has 0 saturated heterocycles. The molecule has 0 radical (unpaired) electrons. The van der Waals surface area contributed by atoms with E-state index in [-0.39, 0.29) is 11.8 Å². The smallest absolute Gasteiger partial charge is 0.146 e. The summed E-state index contributed by atoms with van der Waals surface area (Å²) in [7, 11) is 3.85. The molecule has 9 heavy (non-hydrogen) atoms. The first-order valence-electron chi connectivity index (χ1n) is 3.26. The maximum atomic E-state index is 10.8. The van der Waals surface area contributed by atoms with Crippen LogP contribution in [0.4, 0.5) is 0 Å². The Labute approximate surface area is 56.9 Å². The molecule has 0 N–H and O–H groups in total. The summed E-state index contributed by atoms with van der Waals surface area (Å²) in [5.74, 6) is 0.252. The Morgan fingerprint density at radius 1 is 1.56 bits per heavy atom. The van der Waals surface area contributed by atoms with E-state index in [9.17, 15) is 4.79 Å². The van der Waals surface area contributed by atoms with Crippen molar-refractivity contribution < 1.29 is 4.79 Å². The molecule has 0 aromatic heterocycles. The lowest BCUT2D eigenvalue weighted by Gasteiger charge is -2.18. The molecular weight excluding hydrogens is 114 g/mol. The van der Waals surface area contributed by atoms with Crippen molar-refractivity contribution in [2.24, 2.45) is 0 Å². The van der Waals surface area contributed by atoms with E-state index in [1.54, 1.807) is 6.92 Å². The van der Waals surface area contributed by atoms with Crippen molar-refractivity contribution in [2.75, 3.05) is 14.1 Å². The second-order valence-corrected chi connectivity index (χ2v) is 2.50. The van der Waals surface area contributed by atoms with E-state index in [1.165, 1.54) is 0 Å². The maximum Gasteiger partial charge on any atom is 0.146 e. The van der Waals surface area contributed by atoms with Crippen LogP contribution in [0.2, 0.25) is 0 Å². The second kappa shape index (κ2) is 3.62. The Bertz CT molecular complexity index is 99.1. The number of hydrogen-bond donors (Lipinski definition) is 0. The molecule has 0 aromatic rings. The summed E-state index contributed by atoms with van der Waals surface area (Å²) in [5, 5.41) is 0. The third kappa shape index (κ3) is 2.61. The summed E-state index contributed by atoms with van der Waals surface area (Å²) in [6.45, 7) is 3.65. The Hall–Kier alpha value is -0.370. The van der Waals surface area contributed by atoms with Gasteiger partial charge >= 0.3 is 0 Å². The summed E-state index contributed by atoms with van der Waals surface area (Å²) in [5.41, 5.74) is 0. The molecule has 0 bridgehead atoms. The van der Waals surface area contributed by atoms with Crippen molar-refractivity contribution in [3.63, 3.8) is 0 Å². The zero-order valence-electron chi connectivity index (χ0n) is 6.64. The van der Waals surface area contributed by atoms with Gasteiger partial charge in [-0.2, -0.15) is 0 Å². The molecule has 0 aliphatic heterocycles. The molecule has 0 amide bonds. The van der Waals surface area contributed by atoms with Gasteiger partial charge in [0.2, 0.25) is 0 Å². The quantitative estimate of drug-likeness (QED) is 0.564. The van der Waals surface area contributed by atoms with Gasteiger partial charge in [-0.3, -0.25) is 9.69 Å². The predicted molar refractivity (Wildman–Crippen MR) is 38.4 cm³/mol. The molecule has 2 heteroatoms. The van der Waals surface area contributed by atoms with Gasteiger partial charge in [-0.05, 0) is 27.4 Å². The molecule has 0 heterocycles. The molecule has 2 nitrogen and oxygen atoms in total. The number of likely N-dealkylation sites (N-methyl/N-ethyl adjacent to an activating group) is 1. The third-order valence-electron chi connectivity index (χ3n) is 1.48. The van der Waals surface area contributed by atoms with Gasteiger partial charge in [-0.15, -0.1) is 0 Å². The minimum Gasteiger partial charge on any atom is -0.300 e. The first-order valence-corrected chi connectivity index (χ1v) is 3.26. The molecule has 0 aliphatic rings. The third-order valence-corrected chi connectivity index (χ3v) is 1.48.